The molecule has 0 unspecified atom stereocenters. The van der Waals surface area contributed by atoms with Crippen LogP contribution in [0, 0.1) is 11.3 Å². The van der Waals surface area contributed by atoms with Crippen molar-refractivity contribution in [2.75, 3.05) is 5.32 Å². The highest BCUT2D eigenvalue weighted by atomic mass is 79.9. The molecule has 1 amide bonds. The zero-order chi connectivity index (χ0) is 13.7. The van der Waals surface area contributed by atoms with Crippen LogP contribution in [0.15, 0.2) is 45.9 Å². The summed E-state index contributed by atoms with van der Waals surface area (Å²) < 4.78 is 0.824. The third-order valence-corrected chi connectivity index (χ3v) is 3.63. The minimum atomic E-state index is -0.465. The van der Waals surface area contributed by atoms with Gasteiger partial charge in [0.1, 0.15) is 11.6 Å². The van der Waals surface area contributed by atoms with E-state index in [1.165, 1.54) is 17.4 Å². The molecule has 1 aromatic carbocycles. The van der Waals surface area contributed by atoms with E-state index in [4.69, 9.17) is 5.26 Å². The molecule has 0 saturated heterocycles. The van der Waals surface area contributed by atoms with E-state index in [1.54, 1.807) is 11.6 Å². The highest BCUT2D eigenvalue weighted by Crippen LogP contribution is 2.19. The molecular formula is C13H8BrN3OS. The van der Waals surface area contributed by atoms with Crippen LogP contribution in [-0.2, 0) is 4.79 Å². The quantitative estimate of drug-likeness (QED) is 0.691. The molecular weight excluding hydrogens is 326 g/mol. The van der Waals surface area contributed by atoms with Gasteiger partial charge in [0.05, 0.1) is 0 Å². The van der Waals surface area contributed by atoms with Gasteiger partial charge in [-0.3, -0.25) is 10.1 Å². The van der Waals surface area contributed by atoms with Gasteiger partial charge in [-0.25, -0.2) is 4.98 Å². The summed E-state index contributed by atoms with van der Waals surface area (Å²) in [6, 6.07) is 9.26. The van der Waals surface area contributed by atoms with E-state index in [1.807, 2.05) is 30.3 Å². The zero-order valence-corrected chi connectivity index (χ0v) is 12.0. The summed E-state index contributed by atoms with van der Waals surface area (Å²) in [7, 11) is 0. The molecule has 0 aliphatic heterocycles. The Hall–Kier alpha value is -1.97. The Balaban J connectivity index is 2.23. The second-order valence-corrected chi connectivity index (χ2v) is 5.23. The Morgan fingerprint density at radius 2 is 2.26 bits per heavy atom. The lowest BCUT2D eigenvalue weighted by atomic mass is 10.1. The van der Waals surface area contributed by atoms with E-state index in [0.29, 0.717) is 5.13 Å². The number of benzene rings is 1. The van der Waals surface area contributed by atoms with Crippen molar-refractivity contribution >= 4 is 44.4 Å². The fraction of sp³-hybridized carbons (Fsp3) is 0. The van der Waals surface area contributed by atoms with E-state index < -0.39 is 5.91 Å². The number of carbonyl (C=O) groups is 1. The molecule has 2 aromatic rings. The van der Waals surface area contributed by atoms with E-state index in [-0.39, 0.29) is 5.57 Å². The molecule has 2 rings (SSSR count). The number of aromatic nitrogens is 1. The Morgan fingerprint density at radius 3 is 2.89 bits per heavy atom. The van der Waals surface area contributed by atoms with Crippen LogP contribution in [0.1, 0.15) is 5.56 Å². The third kappa shape index (κ3) is 3.50. The van der Waals surface area contributed by atoms with Gasteiger partial charge < -0.3 is 0 Å². The average molecular weight is 334 g/mol. The largest absolute Gasteiger partial charge is 0.297 e. The second-order valence-electron chi connectivity index (χ2n) is 3.48. The molecule has 0 aliphatic carbocycles. The lowest BCUT2D eigenvalue weighted by molar-refractivity contribution is -0.112. The van der Waals surface area contributed by atoms with Crippen LogP contribution < -0.4 is 5.32 Å². The van der Waals surface area contributed by atoms with Gasteiger partial charge in [0, 0.05) is 16.0 Å². The number of carbonyl (C=O) groups excluding carboxylic acids is 1. The number of nitrogens with zero attached hydrogens (tertiary/aromatic N) is 2. The molecule has 0 fully saturated rings. The van der Waals surface area contributed by atoms with Crippen molar-refractivity contribution in [1.29, 1.82) is 5.26 Å². The number of anilines is 1. The molecule has 1 aromatic heterocycles. The van der Waals surface area contributed by atoms with Crippen molar-refractivity contribution in [3.8, 4) is 6.07 Å². The van der Waals surface area contributed by atoms with Crippen molar-refractivity contribution in [3.63, 3.8) is 0 Å². The van der Waals surface area contributed by atoms with E-state index in [9.17, 15) is 4.79 Å². The van der Waals surface area contributed by atoms with Gasteiger partial charge in [0.25, 0.3) is 5.91 Å². The third-order valence-electron chi connectivity index (χ3n) is 2.22. The smallest absolute Gasteiger partial charge is 0.268 e. The first-order valence-electron chi connectivity index (χ1n) is 5.28. The van der Waals surface area contributed by atoms with Crippen LogP contribution in [-0.4, -0.2) is 10.9 Å². The van der Waals surface area contributed by atoms with Gasteiger partial charge >= 0.3 is 0 Å². The maximum absolute atomic E-state index is 11.9. The van der Waals surface area contributed by atoms with Crippen LogP contribution in [0.25, 0.3) is 6.08 Å². The summed E-state index contributed by atoms with van der Waals surface area (Å²) in [5, 5.41) is 13.9. The molecule has 19 heavy (non-hydrogen) atoms. The topological polar surface area (TPSA) is 65.8 Å². The number of hydrogen-bond acceptors (Lipinski definition) is 4. The van der Waals surface area contributed by atoms with Crippen LogP contribution in [0.3, 0.4) is 0 Å². The van der Waals surface area contributed by atoms with Gasteiger partial charge in [-0.15, -0.1) is 11.3 Å². The molecule has 0 radical (unpaired) electrons. The van der Waals surface area contributed by atoms with E-state index in [2.05, 4.69) is 26.2 Å². The van der Waals surface area contributed by atoms with E-state index in [0.717, 1.165) is 10.0 Å². The fourth-order valence-electron chi connectivity index (χ4n) is 1.35. The Labute approximate surface area is 122 Å². The summed E-state index contributed by atoms with van der Waals surface area (Å²) >= 11 is 4.67. The monoisotopic (exact) mass is 333 g/mol. The van der Waals surface area contributed by atoms with Gasteiger partial charge in [0.15, 0.2) is 5.13 Å². The highest BCUT2D eigenvalue weighted by Gasteiger charge is 2.11. The van der Waals surface area contributed by atoms with Crippen molar-refractivity contribution in [1.82, 2.24) is 4.98 Å². The molecule has 94 valence electrons. The molecule has 6 heteroatoms. The van der Waals surface area contributed by atoms with E-state index >= 15 is 0 Å². The lowest BCUT2D eigenvalue weighted by Crippen LogP contribution is -2.13. The Morgan fingerprint density at radius 1 is 1.47 bits per heavy atom. The first-order valence-corrected chi connectivity index (χ1v) is 6.95. The summed E-state index contributed by atoms with van der Waals surface area (Å²) in [5.74, 6) is -0.465. The summed E-state index contributed by atoms with van der Waals surface area (Å²) in [4.78, 5) is 15.8. The number of halogens is 1. The lowest BCUT2D eigenvalue weighted by Gasteiger charge is -2.01. The van der Waals surface area contributed by atoms with Crippen molar-refractivity contribution in [2.45, 2.75) is 0 Å². The normalized spacial score (nSPS) is 10.8. The number of amides is 1. The standard InChI is InChI=1S/C13H8BrN3OS/c14-11-4-2-1-3-9(11)7-10(8-15)12(18)17-13-16-5-6-19-13/h1-7H,(H,16,17,18)/b10-7+. The van der Waals surface area contributed by atoms with Gasteiger partial charge in [0.2, 0.25) is 0 Å². The molecule has 4 nitrogen and oxygen atoms in total. The number of hydrogen-bond donors (Lipinski definition) is 1. The average Bonchev–Trinajstić information content (AvgIpc) is 2.90. The summed E-state index contributed by atoms with van der Waals surface area (Å²) in [6.45, 7) is 0. The molecule has 0 saturated carbocycles. The molecule has 0 spiro atoms. The van der Waals surface area contributed by atoms with Crippen LogP contribution in [0.4, 0.5) is 5.13 Å². The number of nitrogens with one attached hydrogen (secondary N) is 1. The van der Waals surface area contributed by atoms with Crippen molar-refractivity contribution in [3.05, 3.63) is 51.5 Å². The van der Waals surface area contributed by atoms with Crippen molar-refractivity contribution in [2.24, 2.45) is 0 Å². The highest BCUT2D eigenvalue weighted by molar-refractivity contribution is 9.10. The SMILES string of the molecule is N#C/C(=C\c1ccccc1Br)C(=O)Nc1nccs1. The molecule has 0 atom stereocenters. The first-order chi connectivity index (χ1) is 9.20. The predicted molar refractivity (Wildman–Crippen MR) is 78.5 cm³/mol. The van der Waals surface area contributed by atoms with Crippen molar-refractivity contribution < 1.29 is 4.79 Å². The molecule has 0 bridgehead atoms. The zero-order valence-electron chi connectivity index (χ0n) is 9.63. The Kier molecular flexibility index (Phi) is 4.44. The van der Waals surface area contributed by atoms with Crippen LogP contribution in [0.5, 0.6) is 0 Å². The minimum Gasteiger partial charge on any atom is -0.297 e. The second kappa shape index (κ2) is 6.27. The summed E-state index contributed by atoms with van der Waals surface area (Å²) in [6.07, 6.45) is 3.12. The maximum Gasteiger partial charge on any atom is 0.268 e. The number of rotatable bonds is 3. The fourth-order valence-corrected chi connectivity index (χ4v) is 2.27. The Bertz CT molecular complexity index is 659. The van der Waals surface area contributed by atoms with Gasteiger partial charge in [-0.2, -0.15) is 5.26 Å². The number of nitriles is 1. The molecule has 1 N–H and O–H groups in total. The van der Waals surface area contributed by atoms with Crippen LogP contribution in [0.2, 0.25) is 0 Å². The number of thiazole rings is 1. The molecule has 0 aliphatic rings. The minimum absolute atomic E-state index is 0.0297. The maximum atomic E-state index is 11.9. The van der Waals surface area contributed by atoms with Gasteiger partial charge in [-0.1, -0.05) is 34.1 Å². The molecule has 1 heterocycles. The summed E-state index contributed by atoms with van der Waals surface area (Å²) in [5.41, 5.74) is 0.801. The van der Waals surface area contributed by atoms with Crippen LogP contribution >= 0.6 is 27.3 Å². The predicted octanol–water partition coefficient (Wildman–Crippen LogP) is 3.45. The first kappa shape index (κ1) is 13.5. The van der Waals surface area contributed by atoms with Gasteiger partial charge in [-0.05, 0) is 17.7 Å².